The number of nitro benzene ring substituents is 1. The molecule has 0 spiro atoms. The van der Waals surface area contributed by atoms with Gasteiger partial charge in [0.25, 0.3) is 11.6 Å². The summed E-state index contributed by atoms with van der Waals surface area (Å²) in [5.74, 6) is -0.111. The predicted octanol–water partition coefficient (Wildman–Crippen LogP) is 1.70. The molecule has 0 bridgehead atoms. The van der Waals surface area contributed by atoms with Crippen LogP contribution in [0.15, 0.2) is 42.5 Å². The van der Waals surface area contributed by atoms with Crippen molar-refractivity contribution in [1.29, 1.82) is 0 Å². The average Bonchev–Trinajstić information content (AvgIpc) is 2.47. The van der Waals surface area contributed by atoms with Crippen molar-refractivity contribution in [2.45, 2.75) is 6.54 Å². The number of nitrogens with zero attached hydrogens (tertiary/aromatic N) is 2. The zero-order chi connectivity index (χ0) is 14.5. The molecule has 0 atom stereocenters. The Morgan fingerprint density at radius 1 is 1.30 bits per heavy atom. The summed E-state index contributed by atoms with van der Waals surface area (Å²) in [6, 6.07) is 10.6. The number of anilines is 1. The summed E-state index contributed by atoms with van der Waals surface area (Å²) in [6.45, 7) is 0.264. The Balaban J connectivity index is 2.19. The maximum atomic E-state index is 12.0. The van der Waals surface area contributed by atoms with Gasteiger partial charge < -0.3 is 11.1 Å². The van der Waals surface area contributed by atoms with E-state index in [1.165, 1.54) is 24.3 Å². The molecule has 0 saturated carbocycles. The zero-order valence-corrected chi connectivity index (χ0v) is 10.4. The molecule has 3 N–H and O–H groups in total. The molecule has 1 heterocycles. The van der Waals surface area contributed by atoms with E-state index in [-0.39, 0.29) is 17.8 Å². The molecule has 1 aromatic heterocycles. The van der Waals surface area contributed by atoms with Gasteiger partial charge in [-0.2, -0.15) is 0 Å². The lowest BCUT2D eigenvalue weighted by Gasteiger charge is -2.05. The van der Waals surface area contributed by atoms with E-state index in [2.05, 4.69) is 10.3 Å². The van der Waals surface area contributed by atoms with Gasteiger partial charge in [-0.1, -0.05) is 12.1 Å². The quantitative estimate of drug-likeness (QED) is 0.650. The Morgan fingerprint density at radius 3 is 2.75 bits per heavy atom. The summed E-state index contributed by atoms with van der Waals surface area (Å²) in [6.07, 6.45) is 0. The molecule has 0 unspecified atom stereocenters. The molecule has 0 fully saturated rings. The van der Waals surface area contributed by atoms with E-state index in [1.807, 2.05) is 0 Å². The lowest BCUT2D eigenvalue weighted by molar-refractivity contribution is -0.384. The van der Waals surface area contributed by atoms with Crippen molar-refractivity contribution >= 4 is 17.4 Å². The third kappa shape index (κ3) is 3.15. The van der Waals surface area contributed by atoms with Crippen LogP contribution >= 0.6 is 0 Å². The van der Waals surface area contributed by atoms with Crippen molar-refractivity contribution in [2.75, 3.05) is 5.32 Å². The number of carbonyl (C=O) groups is 1. The predicted molar refractivity (Wildman–Crippen MR) is 73.2 cm³/mol. The Bertz CT molecular complexity index is 658. The number of non-ortho nitro benzene ring substituents is 1. The summed E-state index contributed by atoms with van der Waals surface area (Å²) < 4.78 is 0. The second-order valence-electron chi connectivity index (χ2n) is 3.98. The van der Waals surface area contributed by atoms with Gasteiger partial charge in [0, 0.05) is 24.2 Å². The lowest BCUT2D eigenvalue weighted by Crippen LogP contribution is -2.14. The third-order valence-electron chi connectivity index (χ3n) is 2.58. The first kappa shape index (κ1) is 13.6. The van der Waals surface area contributed by atoms with Gasteiger partial charge in [-0.3, -0.25) is 14.9 Å². The van der Waals surface area contributed by atoms with Gasteiger partial charge in [0.05, 0.1) is 10.6 Å². The standard InChI is InChI=1S/C13H12N4O3/c14-8-10-4-2-6-12(15-10)16-13(18)9-3-1-5-11(7-9)17(19)20/h1-7H,8,14H2,(H,15,16,18). The van der Waals surface area contributed by atoms with Crippen LogP contribution in [0.1, 0.15) is 16.1 Å². The maximum Gasteiger partial charge on any atom is 0.270 e. The van der Waals surface area contributed by atoms with Crippen LogP contribution in [0.25, 0.3) is 0 Å². The van der Waals surface area contributed by atoms with Crippen LogP contribution in [-0.4, -0.2) is 15.8 Å². The summed E-state index contributed by atoms with van der Waals surface area (Å²) in [7, 11) is 0. The minimum absolute atomic E-state index is 0.138. The molecular formula is C13H12N4O3. The van der Waals surface area contributed by atoms with Crippen molar-refractivity contribution < 1.29 is 9.72 Å². The second-order valence-corrected chi connectivity index (χ2v) is 3.98. The fourth-order valence-corrected chi connectivity index (χ4v) is 1.61. The van der Waals surface area contributed by atoms with Gasteiger partial charge in [0.1, 0.15) is 5.82 Å². The molecule has 0 saturated heterocycles. The van der Waals surface area contributed by atoms with Crippen LogP contribution < -0.4 is 11.1 Å². The molecular weight excluding hydrogens is 260 g/mol. The molecule has 0 aliphatic heterocycles. The number of benzene rings is 1. The summed E-state index contributed by atoms with van der Waals surface area (Å²) in [4.78, 5) is 26.2. The van der Waals surface area contributed by atoms with E-state index in [0.717, 1.165) is 0 Å². The smallest absolute Gasteiger partial charge is 0.270 e. The molecule has 0 aliphatic carbocycles. The second kappa shape index (κ2) is 5.89. The number of carbonyl (C=O) groups excluding carboxylic acids is 1. The fourth-order valence-electron chi connectivity index (χ4n) is 1.61. The van der Waals surface area contributed by atoms with E-state index >= 15 is 0 Å². The molecule has 0 aliphatic rings. The monoisotopic (exact) mass is 272 g/mol. The molecule has 2 aromatic rings. The number of hydrogen-bond acceptors (Lipinski definition) is 5. The Labute approximate surface area is 114 Å². The average molecular weight is 272 g/mol. The molecule has 7 heteroatoms. The Morgan fingerprint density at radius 2 is 2.05 bits per heavy atom. The van der Waals surface area contributed by atoms with E-state index in [0.29, 0.717) is 11.5 Å². The first-order valence-corrected chi connectivity index (χ1v) is 5.82. The van der Waals surface area contributed by atoms with E-state index < -0.39 is 10.8 Å². The zero-order valence-electron chi connectivity index (χ0n) is 10.4. The number of aromatic nitrogens is 1. The largest absolute Gasteiger partial charge is 0.325 e. The number of nitrogens with one attached hydrogen (secondary N) is 1. The summed E-state index contributed by atoms with van der Waals surface area (Å²) in [5.41, 5.74) is 6.16. The van der Waals surface area contributed by atoms with E-state index in [4.69, 9.17) is 5.73 Å². The van der Waals surface area contributed by atoms with Crippen molar-refractivity contribution in [3.05, 3.63) is 63.8 Å². The van der Waals surface area contributed by atoms with Crippen molar-refractivity contribution in [1.82, 2.24) is 4.98 Å². The first-order valence-electron chi connectivity index (χ1n) is 5.82. The maximum absolute atomic E-state index is 12.0. The van der Waals surface area contributed by atoms with Gasteiger partial charge in [-0.15, -0.1) is 0 Å². The van der Waals surface area contributed by atoms with E-state index in [9.17, 15) is 14.9 Å². The number of rotatable bonds is 4. The molecule has 20 heavy (non-hydrogen) atoms. The van der Waals surface area contributed by atoms with Crippen LogP contribution in [0.4, 0.5) is 11.5 Å². The molecule has 7 nitrogen and oxygen atoms in total. The normalized spacial score (nSPS) is 10.1. The van der Waals surface area contributed by atoms with Crippen molar-refractivity contribution in [3.63, 3.8) is 0 Å². The number of pyridine rings is 1. The van der Waals surface area contributed by atoms with Crippen molar-refractivity contribution in [2.24, 2.45) is 5.73 Å². The molecule has 102 valence electrons. The molecule has 1 amide bonds. The van der Waals surface area contributed by atoms with Crippen LogP contribution in [-0.2, 0) is 6.54 Å². The highest BCUT2D eigenvalue weighted by molar-refractivity contribution is 6.04. The van der Waals surface area contributed by atoms with Gasteiger partial charge in [-0.05, 0) is 18.2 Å². The van der Waals surface area contributed by atoms with Crippen LogP contribution in [0.2, 0.25) is 0 Å². The van der Waals surface area contributed by atoms with Crippen LogP contribution in [0.3, 0.4) is 0 Å². The molecule has 1 aromatic carbocycles. The highest BCUT2D eigenvalue weighted by Crippen LogP contribution is 2.14. The van der Waals surface area contributed by atoms with E-state index in [1.54, 1.807) is 18.2 Å². The number of hydrogen-bond donors (Lipinski definition) is 2. The third-order valence-corrected chi connectivity index (χ3v) is 2.58. The topological polar surface area (TPSA) is 111 Å². The van der Waals surface area contributed by atoms with Crippen molar-refractivity contribution in [3.8, 4) is 0 Å². The summed E-state index contributed by atoms with van der Waals surface area (Å²) in [5, 5.41) is 13.2. The highest BCUT2D eigenvalue weighted by Gasteiger charge is 2.12. The fraction of sp³-hybridized carbons (Fsp3) is 0.0769. The van der Waals surface area contributed by atoms with Gasteiger partial charge in [-0.25, -0.2) is 4.98 Å². The highest BCUT2D eigenvalue weighted by atomic mass is 16.6. The Kier molecular flexibility index (Phi) is 4.02. The number of nitrogens with two attached hydrogens (primary N) is 1. The van der Waals surface area contributed by atoms with Gasteiger partial charge in [0.15, 0.2) is 0 Å². The minimum atomic E-state index is -0.552. The SMILES string of the molecule is NCc1cccc(NC(=O)c2cccc([N+](=O)[O-])c2)n1. The molecule has 2 rings (SSSR count). The summed E-state index contributed by atoms with van der Waals surface area (Å²) >= 11 is 0. The van der Waals surface area contributed by atoms with Crippen LogP contribution in [0, 0.1) is 10.1 Å². The molecule has 0 radical (unpaired) electrons. The number of amides is 1. The number of nitro groups is 1. The first-order chi connectivity index (χ1) is 9.60. The van der Waals surface area contributed by atoms with Crippen LogP contribution in [0.5, 0.6) is 0 Å². The minimum Gasteiger partial charge on any atom is -0.325 e. The van der Waals surface area contributed by atoms with Gasteiger partial charge in [0.2, 0.25) is 0 Å². The lowest BCUT2D eigenvalue weighted by atomic mass is 10.2. The Hall–Kier alpha value is -2.80. The van der Waals surface area contributed by atoms with Gasteiger partial charge >= 0.3 is 0 Å².